The number of alkyl halides is 6. The molecule has 3 rings (SSSR count). The van der Waals surface area contributed by atoms with Crippen LogP contribution in [0.3, 0.4) is 0 Å². The van der Waals surface area contributed by atoms with E-state index in [2.05, 4.69) is 4.98 Å². The number of anilines is 1. The Morgan fingerprint density at radius 1 is 1.00 bits per heavy atom. The lowest BCUT2D eigenvalue weighted by Gasteiger charge is -2.43. The molecule has 0 bridgehead atoms. The van der Waals surface area contributed by atoms with Gasteiger partial charge in [0.15, 0.2) is 0 Å². The largest absolute Gasteiger partial charge is 0.481 e. The highest BCUT2D eigenvalue weighted by Gasteiger charge is 2.41. The Kier molecular flexibility index (Phi) is 7.10. The molecular weight excluding hydrogens is 504 g/mol. The van der Waals surface area contributed by atoms with Crippen LogP contribution in [0.5, 0.6) is 0 Å². The summed E-state index contributed by atoms with van der Waals surface area (Å²) in [6.07, 6.45) is -9.60. The minimum Gasteiger partial charge on any atom is -0.481 e. The number of aliphatic carboxylic acids is 1. The molecule has 0 amide bonds. The van der Waals surface area contributed by atoms with Gasteiger partial charge in [-0.15, -0.1) is 0 Å². The lowest BCUT2D eigenvalue weighted by atomic mass is 10.1. The zero-order valence-electron chi connectivity index (χ0n) is 18.4. The topological polar surface area (TPSA) is 90.8 Å². The van der Waals surface area contributed by atoms with Crippen molar-refractivity contribution in [1.29, 1.82) is 0 Å². The van der Waals surface area contributed by atoms with Crippen molar-refractivity contribution in [3.05, 3.63) is 53.2 Å². The Bertz CT molecular complexity index is 1190. The fraction of sp³-hybridized carbons (Fsp3) is 0.429. The Balaban J connectivity index is 1.92. The molecule has 2 atom stereocenters. The number of nitrogens with zero attached hydrogens (tertiary/aromatic N) is 3. The van der Waals surface area contributed by atoms with Crippen LogP contribution in [0.15, 0.2) is 41.4 Å². The number of carboxylic acid groups (broad SMARTS) is 1. The van der Waals surface area contributed by atoms with E-state index in [1.807, 2.05) is 0 Å². The van der Waals surface area contributed by atoms with Crippen LogP contribution in [0.4, 0.5) is 32.2 Å². The molecule has 1 saturated heterocycles. The lowest BCUT2D eigenvalue weighted by Crippen LogP contribution is -2.58. The molecule has 0 aliphatic carbocycles. The van der Waals surface area contributed by atoms with Crippen molar-refractivity contribution >= 4 is 21.8 Å². The van der Waals surface area contributed by atoms with Gasteiger partial charge in [0.1, 0.15) is 5.82 Å². The van der Waals surface area contributed by atoms with Gasteiger partial charge in [0.05, 0.1) is 22.4 Å². The summed E-state index contributed by atoms with van der Waals surface area (Å²) in [6, 6.07) is 2.40. The van der Waals surface area contributed by atoms with E-state index in [0.717, 1.165) is 22.5 Å². The van der Waals surface area contributed by atoms with Gasteiger partial charge in [-0.1, -0.05) is 0 Å². The summed E-state index contributed by atoms with van der Waals surface area (Å²) in [5.41, 5.74) is -2.55. The smallest absolute Gasteiger partial charge is 0.417 e. The maximum atomic E-state index is 13.4. The maximum absolute atomic E-state index is 13.4. The second-order valence-corrected chi connectivity index (χ2v) is 10.1. The molecule has 1 aromatic carbocycles. The van der Waals surface area contributed by atoms with Crippen molar-refractivity contribution < 1.29 is 44.7 Å². The van der Waals surface area contributed by atoms with Crippen LogP contribution in [-0.2, 0) is 33.6 Å². The summed E-state index contributed by atoms with van der Waals surface area (Å²) < 4.78 is 106. The first-order chi connectivity index (χ1) is 16.0. The third-order valence-corrected chi connectivity index (χ3v) is 7.57. The van der Waals surface area contributed by atoms with E-state index in [-0.39, 0.29) is 24.5 Å². The standard InChI is InChI=1S/C21H21F6N3O4S/c1-12-10-29(18-4-3-15(9-28-18)20(22,23)24)11-13(2)30(12)35(33,34)17-6-14(7-19(31)32)5-16(8-17)21(25,26)27/h3-6,8-9,12-13H,7,10-11H2,1-2H3,(H,31,32)/t12-,13+. The summed E-state index contributed by atoms with van der Waals surface area (Å²) in [6.45, 7) is 3.05. The highest BCUT2D eigenvalue weighted by molar-refractivity contribution is 7.89. The first-order valence-electron chi connectivity index (χ1n) is 10.2. The average molecular weight is 525 g/mol. The van der Waals surface area contributed by atoms with Gasteiger partial charge in [0, 0.05) is 31.4 Å². The van der Waals surface area contributed by atoms with Crippen LogP contribution in [0.2, 0.25) is 0 Å². The number of rotatable bonds is 5. The van der Waals surface area contributed by atoms with E-state index in [9.17, 15) is 39.6 Å². The summed E-state index contributed by atoms with van der Waals surface area (Å²) in [5, 5.41) is 8.97. The van der Waals surface area contributed by atoms with Crippen LogP contribution in [0, 0.1) is 0 Å². The van der Waals surface area contributed by atoms with Gasteiger partial charge in [0.25, 0.3) is 0 Å². The lowest BCUT2D eigenvalue weighted by molar-refractivity contribution is -0.139. The number of pyridine rings is 1. The third kappa shape index (κ3) is 5.86. The second-order valence-electron chi connectivity index (χ2n) is 8.27. The van der Waals surface area contributed by atoms with Crippen molar-refractivity contribution in [2.75, 3.05) is 18.0 Å². The van der Waals surface area contributed by atoms with Crippen LogP contribution >= 0.6 is 0 Å². The number of benzene rings is 1. The number of sulfonamides is 1. The molecule has 0 radical (unpaired) electrons. The Morgan fingerprint density at radius 2 is 1.57 bits per heavy atom. The second kappa shape index (κ2) is 9.30. The van der Waals surface area contributed by atoms with Crippen LogP contribution in [0.25, 0.3) is 0 Å². The summed E-state index contributed by atoms with van der Waals surface area (Å²) in [4.78, 5) is 15.7. The van der Waals surface area contributed by atoms with E-state index in [1.165, 1.54) is 13.8 Å². The monoisotopic (exact) mass is 525 g/mol. The van der Waals surface area contributed by atoms with Gasteiger partial charge in [-0.05, 0) is 49.7 Å². The molecule has 1 N–H and O–H groups in total. The molecule has 1 fully saturated rings. The van der Waals surface area contributed by atoms with Crippen molar-refractivity contribution in [3.8, 4) is 0 Å². The minimum absolute atomic E-state index is 0.0167. The van der Waals surface area contributed by atoms with Gasteiger partial charge in [0.2, 0.25) is 10.0 Å². The first-order valence-corrected chi connectivity index (χ1v) is 11.7. The van der Waals surface area contributed by atoms with E-state index in [0.29, 0.717) is 18.3 Å². The highest BCUT2D eigenvalue weighted by Crippen LogP contribution is 2.35. The van der Waals surface area contributed by atoms with Gasteiger partial charge in [-0.25, -0.2) is 13.4 Å². The fourth-order valence-corrected chi connectivity index (χ4v) is 5.98. The van der Waals surface area contributed by atoms with Gasteiger partial charge >= 0.3 is 18.3 Å². The summed E-state index contributed by atoms with van der Waals surface area (Å²) >= 11 is 0. The molecule has 1 aliphatic heterocycles. The molecular formula is C21H21F6N3O4S. The number of aromatic nitrogens is 1. The molecule has 1 aromatic heterocycles. The first kappa shape index (κ1) is 26.7. The zero-order valence-corrected chi connectivity index (χ0v) is 19.2. The van der Waals surface area contributed by atoms with E-state index < -0.39 is 62.9 Å². The molecule has 2 aromatic rings. The van der Waals surface area contributed by atoms with Crippen molar-refractivity contribution in [3.63, 3.8) is 0 Å². The fourth-order valence-electron chi connectivity index (χ4n) is 4.08. The predicted molar refractivity (Wildman–Crippen MR) is 112 cm³/mol. The molecule has 192 valence electrons. The van der Waals surface area contributed by atoms with E-state index in [1.54, 1.807) is 4.90 Å². The quantitative estimate of drug-likeness (QED) is 0.593. The highest BCUT2D eigenvalue weighted by atomic mass is 32.2. The molecule has 14 heteroatoms. The Hall–Kier alpha value is -2.87. The van der Waals surface area contributed by atoms with Crippen molar-refractivity contribution in [2.24, 2.45) is 0 Å². The van der Waals surface area contributed by atoms with Crippen LogP contribution in [-0.4, -0.2) is 54.0 Å². The van der Waals surface area contributed by atoms with E-state index in [4.69, 9.17) is 5.11 Å². The molecule has 35 heavy (non-hydrogen) atoms. The van der Waals surface area contributed by atoms with Gasteiger partial charge in [-0.2, -0.15) is 30.6 Å². The average Bonchev–Trinajstić information content (AvgIpc) is 2.71. The number of carbonyl (C=O) groups is 1. The van der Waals surface area contributed by atoms with Gasteiger partial charge < -0.3 is 10.0 Å². The number of carboxylic acids is 1. The van der Waals surface area contributed by atoms with Gasteiger partial charge in [-0.3, -0.25) is 4.79 Å². The number of hydrogen-bond acceptors (Lipinski definition) is 5. The van der Waals surface area contributed by atoms with Crippen molar-refractivity contribution in [1.82, 2.24) is 9.29 Å². The molecule has 1 aliphatic rings. The molecule has 0 unspecified atom stereocenters. The number of piperazine rings is 1. The number of halogens is 6. The molecule has 0 spiro atoms. The zero-order chi connectivity index (χ0) is 26.3. The summed E-state index contributed by atoms with van der Waals surface area (Å²) in [7, 11) is -4.49. The molecule has 2 heterocycles. The molecule has 7 nitrogen and oxygen atoms in total. The minimum atomic E-state index is -4.90. The third-order valence-electron chi connectivity index (χ3n) is 5.46. The Labute approximate surface area is 197 Å². The van der Waals surface area contributed by atoms with Crippen molar-refractivity contribution in [2.45, 2.75) is 49.6 Å². The maximum Gasteiger partial charge on any atom is 0.417 e. The van der Waals surface area contributed by atoms with Crippen LogP contribution in [0.1, 0.15) is 30.5 Å². The normalized spacial score (nSPS) is 20.2. The SMILES string of the molecule is C[C@@H]1CN(c2ccc(C(F)(F)F)cn2)C[C@H](C)N1S(=O)(=O)c1cc(CC(=O)O)cc(C(F)(F)F)c1. The summed E-state index contributed by atoms with van der Waals surface area (Å²) in [5.74, 6) is -1.23. The Morgan fingerprint density at radius 3 is 2.03 bits per heavy atom. The molecule has 0 saturated carbocycles. The van der Waals surface area contributed by atoms with Crippen LogP contribution < -0.4 is 4.90 Å². The van der Waals surface area contributed by atoms with E-state index >= 15 is 0 Å². The number of hydrogen-bond donors (Lipinski definition) is 1. The predicted octanol–water partition coefficient (Wildman–Crippen LogP) is 4.03.